The zero-order valence-corrected chi connectivity index (χ0v) is 15.4. The van der Waals surface area contributed by atoms with E-state index in [0.29, 0.717) is 12.1 Å². The third-order valence-corrected chi connectivity index (χ3v) is 5.54. The maximum absolute atomic E-state index is 4.73. The Bertz CT molecular complexity index is 457. The van der Waals surface area contributed by atoms with Gasteiger partial charge in [-0.25, -0.2) is 0 Å². The Hall–Kier alpha value is -0.390. The van der Waals surface area contributed by atoms with E-state index in [2.05, 4.69) is 58.5 Å². The first-order chi connectivity index (χ1) is 10.1. The molecule has 4 nitrogen and oxygen atoms in total. The normalized spacial score (nSPS) is 23.7. The number of nitrogens with zero attached hydrogens (tertiary/aromatic N) is 3. The largest absolute Gasteiger partial charge is 0.311 e. The van der Waals surface area contributed by atoms with Crippen LogP contribution >= 0.6 is 15.9 Å². The molecule has 120 valence electrons. The van der Waals surface area contributed by atoms with E-state index in [1.807, 2.05) is 0 Å². The summed E-state index contributed by atoms with van der Waals surface area (Å²) in [4.78, 5) is 2.64. The van der Waals surface area contributed by atoms with Crippen LogP contribution in [0.4, 0.5) is 0 Å². The first kappa shape index (κ1) is 17.0. The van der Waals surface area contributed by atoms with Gasteiger partial charge in [-0.05, 0) is 42.1 Å². The Balaban J connectivity index is 2.20. The number of aromatic nitrogens is 2. The topological polar surface area (TPSA) is 33.1 Å². The standard InChI is InChI=1S/C16H29BrN4/c1-5-12-10-20(13(6-2)9-18-12)11-15-16(17)14(7-3)19-21(15)8-4/h12-13,18H,5-11H2,1-4H3. The molecular formula is C16H29BrN4. The lowest BCUT2D eigenvalue weighted by molar-refractivity contribution is 0.114. The molecule has 5 heteroatoms. The first-order valence-corrected chi connectivity index (χ1v) is 9.15. The number of nitrogens with one attached hydrogen (secondary N) is 1. The zero-order valence-electron chi connectivity index (χ0n) is 13.8. The lowest BCUT2D eigenvalue weighted by atomic mass is 10.0. The number of hydrogen-bond donors (Lipinski definition) is 1. The number of aryl methyl sites for hydroxylation is 2. The van der Waals surface area contributed by atoms with Crippen molar-refractivity contribution in [3.63, 3.8) is 0 Å². The van der Waals surface area contributed by atoms with E-state index in [1.165, 1.54) is 28.7 Å². The minimum atomic E-state index is 0.621. The molecule has 0 spiro atoms. The molecule has 0 bridgehead atoms. The summed E-state index contributed by atoms with van der Waals surface area (Å²) in [7, 11) is 0. The van der Waals surface area contributed by atoms with Crippen molar-refractivity contribution in [1.29, 1.82) is 0 Å². The van der Waals surface area contributed by atoms with Crippen molar-refractivity contribution < 1.29 is 0 Å². The molecule has 2 unspecified atom stereocenters. The van der Waals surface area contributed by atoms with E-state index in [9.17, 15) is 0 Å². The van der Waals surface area contributed by atoms with Crippen LogP contribution in [0.15, 0.2) is 4.47 Å². The molecule has 0 aromatic carbocycles. The molecular weight excluding hydrogens is 328 g/mol. The number of halogens is 1. The summed E-state index contributed by atoms with van der Waals surface area (Å²) >= 11 is 3.78. The zero-order chi connectivity index (χ0) is 15.4. The summed E-state index contributed by atoms with van der Waals surface area (Å²) in [5, 5.41) is 8.40. The minimum absolute atomic E-state index is 0.621. The van der Waals surface area contributed by atoms with Crippen molar-refractivity contribution in [3.05, 3.63) is 15.9 Å². The van der Waals surface area contributed by atoms with Crippen LogP contribution in [0.1, 0.15) is 51.9 Å². The fraction of sp³-hybridized carbons (Fsp3) is 0.812. The molecule has 2 heterocycles. The van der Waals surface area contributed by atoms with Crippen molar-refractivity contribution in [1.82, 2.24) is 20.0 Å². The lowest BCUT2D eigenvalue weighted by Gasteiger charge is -2.40. The van der Waals surface area contributed by atoms with Gasteiger partial charge in [-0.2, -0.15) is 5.10 Å². The van der Waals surface area contributed by atoms with Gasteiger partial charge in [0.25, 0.3) is 0 Å². The van der Waals surface area contributed by atoms with Gasteiger partial charge in [-0.3, -0.25) is 9.58 Å². The number of hydrogen-bond acceptors (Lipinski definition) is 3. The van der Waals surface area contributed by atoms with Crippen LogP contribution in [0, 0.1) is 0 Å². The van der Waals surface area contributed by atoms with Gasteiger partial charge >= 0.3 is 0 Å². The number of piperazine rings is 1. The fourth-order valence-corrected chi connectivity index (χ4v) is 3.85. The van der Waals surface area contributed by atoms with E-state index >= 15 is 0 Å². The molecule has 2 rings (SSSR count). The molecule has 1 fully saturated rings. The molecule has 0 amide bonds. The van der Waals surface area contributed by atoms with Crippen LogP contribution < -0.4 is 5.32 Å². The molecule has 1 saturated heterocycles. The highest BCUT2D eigenvalue weighted by molar-refractivity contribution is 9.10. The van der Waals surface area contributed by atoms with E-state index < -0.39 is 0 Å². The molecule has 1 aliphatic rings. The van der Waals surface area contributed by atoms with Crippen LogP contribution in [-0.4, -0.2) is 39.9 Å². The number of rotatable bonds is 6. The highest BCUT2D eigenvalue weighted by Gasteiger charge is 2.27. The van der Waals surface area contributed by atoms with Crippen LogP contribution in [0.3, 0.4) is 0 Å². The second-order valence-corrected chi connectivity index (χ2v) is 6.67. The molecule has 1 aromatic rings. The van der Waals surface area contributed by atoms with Crippen LogP contribution in [0.25, 0.3) is 0 Å². The Morgan fingerprint density at radius 2 is 2.00 bits per heavy atom. The lowest BCUT2D eigenvalue weighted by Crippen LogP contribution is -2.55. The molecule has 1 N–H and O–H groups in total. The van der Waals surface area contributed by atoms with Gasteiger partial charge in [-0.1, -0.05) is 20.8 Å². The highest BCUT2D eigenvalue weighted by atomic mass is 79.9. The van der Waals surface area contributed by atoms with Crippen LogP contribution in [-0.2, 0) is 19.5 Å². The molecule has 1 aliphatic heterocycles. The SMILES string of the molecule is CCc1nn(CC)c(CN2CC(CC)NCC2CC)c1Br. The monoisotopic (exact) mass is 356 g/mol. The second kappa shape index (κ2) is 7.75. The molecule has 0 aliphatic carbocycles. The Morgan fingerprint density at radius 3 is 2.57 bits per heavy atom. The van der Waals surface area contributed by atoms with E-state index in [4.69, 9.17) is 5.10 Å². The maximum Gasteiger partial charge on any atom is 0.0767 e. The predicted molar refractivity (Wildman–Crippen MR) is 91.5 cm³/mol. The van der Waals surface area contributed by atoms with E-state index in [1.54, 1.807) is 0 Å². The summed E-state index contributed by atoms with van der Waals surface area (Å²) in [6, 6.07) is 1.25. The Morgan fingerprint density at radius 1 is 1.24 bits per heavy atom. The van der Waals surface area contributed by atoms with E-state index in [0.717, 1.165) is 32.6 Å². The fourth-order valence-electron chi connectivity index (χ4n) is 3.16. The third kappa shape index (κ3) is 3.69. The van der Waals surface area contributed by atoms with Gasteiger partial charge in [0, 0.05) is 38.3 Å². The summed E-state index contributed by atoms with van der Waals surface area (Å²) in [6.07, 6.45) is 3.38. The molecule has 1 aromatic heterocycles. The maximum atomic E-state index is 4.73. The summed E-state index contributed by atoms with van der Waals surface area (Å²) < 4.78 is 3.38. The van der Waals surface area contributed by atoms with Gasteiger partial charge in [0.2, 0.25) is 0 Å². The van der Waals surface area contributed by atoms with Gasteiger partial charge in [0.15, 0.2) is 0 Å². The van der Waals surface area contributed by atoms with Crippen molar-refractivity contribution in [2.24, 2.45) is 0 Å². The minimum Gasteiger partial charge on any atom is -0.311 e. The average Bonchev–Trinajstić information content (AvgIpc) is 2.83. The third-order valence-electron chi connectivity index (χ3n) is 4.62. The highest BCUT2D eigenvalue weighted by Crippen LogP contribution is 2.25. The molecule has 21 heavy (non-hydrogen) atoms. The quantitative estimate of drug-likeness (QED) is 0.849. The van der Waals surface area contributed by atoms with Crippen molar-refractivity contribution in [2.75, 3.05) is 13.1 Å². The van der Waals surface area contributed by atoms with Gasteiger partial charge < -0.3 is 5.32 Å². The van der Waals surface area contributed by atoms with Crippen LogP contribution in [0.2, 0.25) is 0 Å². The second-order valence-electron chi connectivity index (χ2n) is 5.88. The predicted octanol–water partition coefficient (Wildman–Crippen LogP) is 3.19. The van der Waals surface area contributed by atoms with Crippen molar-refractivity contribution >= 4 is 15.9 Å². The van der Waals surface area contributed by atoms with Crippen molar-refractivity contribution in [3.8, 4) is 0 Å². The summed E-state index contributed by atoms with van der Waals surface area (Å²) in [6.45, 7) is 13.1. The van der Waals surface area contributed by atoms with E-state index in [-0.39, 0.29) is 0 Å². The summed E-state index contributed by atoms with van der Waals surface area (Å²) in [5.74, 6) is 0. The van der Waals surface area contributed by atoms with Gasteiger partial charge in [-0.15, -0.1) is 0 Å². The molecule has 0 radical (unpaired) electrons. The molecule has 2 atom stereocenters. The molecule has 0 saturated carbocycles. The smallest absolute Gasteiger partial charge is 0.0767 e. The van der Waals surface area contributed by atoms with Gasteiger partial charge in [0.1, 0.15) is 0 Å². The van der Waals surface area contributed by atoms with Gasteiger partial charge in [0.05, 0.1) is 15.9 Å². The van der Waals surface area contributed by atoms with Crippen LogP contribution in [0.5, 0.6) is 0 Å². The average molecular weight is 357 g/mol. The van der Waals surface area contributed by atoms with Crippen molar-refractivity contribution in [2.45, 2.75) is 72.1 Å². The first-order valence-electron chi connectivity index (χ1n) is 8.35. The summed E-state index contributed by atoms with van der Waals surface area (Å²) in [5.41, 5.74) is 2.52. The Kier molecular flexibility index (Phi) is 6.26. The Labute approximate surface area is 137 Å².